The van der Waals surface area contributed by atoms with Gasteiger partial charge in [0.2, 0.25) is 0 Å². The maximum absolute atomic E-state index is 9.13. The van der Waals surface area contributed by atoms with Gasteiger partial charge in [0.25, 0.3) is 0 Å². The summed E-state index contributed by atoms with van der Waals surface area (Å²) in [4.78, 5) is 2.54. The molecule has 116 valence electrons. The summed E-state index contributed by atoms with van der Waals surface area (Å²) >= 11 is 0. The number of nitrogens with zero attached hydrogens (tertiary/aromatic N) is 3. The molecule has 1 unspecified atom stereocenters. The minimum atomic E-state index is 0.779. The predicted octanol–water partition coefficient (Wildman–Crippen LogP) is 3.02. The van der Waals surface area contributed by atoms with Gasteiger partial charge in [-0.1, -0.05) is 0 Å². The molecule has 0 aliphatic carbocycles. The zero-order valence-corrected chi connectivity index (χ0v) is 13.3. The van der Waals surface area contributed by atoms with Crippen molar-refractivity contribution in [2.24, 2.45) is 5.92 Å². The van der Waals surface area contributed by atoms with E-state index in [1.54, 1.807) is 7.11 Å². The van der Waals surface area contributed by atoms with E-state index >= 15 is 0 Å². The number of methoxy groups -OCH3 is 1. The minimum absolute atomic E-state index is 0.779. The molecule has 4 heteroatoms. The van der Waals surface area contributed by atoms with Gasteiger partial charge in [-0.05, 0) is 56.7 Å². The third-order valence-corrected chi connectivity index (χ3v) is 4.38. The zero-order chi connectivity index (χ0) is 15.1. The Balaban J connectivity index is 1.87. The minimum Gasteiger partial charge on any atom is -0.385 e. The largest absolute Gasteiger partial charge is 0.385 e. The predicted molar refractivity (Wildman–Crippen MR) is 83.9 cm³/mol. The molecule has 1 aromatic heterocycles. The molecule has 0 saturated carbocycles. The summed E-state index contributed by atoms with van der Waals surface area (Å²) in [6.07, 6.45) is 7.20. The van der Waals surface area contributed by atoms with Gasteiger partial charge in [0.1, 0.15) is 11.8 Å². The fourth-order valence-corrected chi connectivity index (χ4v) is 3.32. The van der Waals surface area contributed by atoms with E-state index in [0.29, 0.717) is 0 Å². The molecule has 0 bridgehead atoms. The van der Waals surface area contributed by atoms with Crippen LogP contribution in [0.5, 0.6) is 0 Å². The maximum atomic E-state index is 9.13. The van der Waals surface area contributed by atoms with Crippen molar-refractivity contribution >= 4 is 0 Å². The first-order chi connectivity index (χ1) is 10.3. The summed E-state index contributed by atoms with van der Waals surface area (Å²) in [5.74, 6) is 0.803. The number of ether oxygens (including phenoxy) is 1. The first-order valence-corrected chi connectivity index (χ1v) is 8.07. The van der Waals surface area contributed by atoms with Gasteiger partial charge in [0.15, 0.2) is 0 Å². The Hall–Kier alpha value is -1.31. The van der Waals surface area contributed by atoms with Crippen LogP contribution in [-0.4, -0.2) is 36.3 Å². The second-order valence-corrected chi connectivity index (χ2v) is 6.01. The van der Waals surface area contributed by atoms with Gasteiger partial charge >= 0.3 is 0 Å². The second-order valence-electron chi connectivity index (χ2n) is 6.01. The Morgan fingerprint density at radius 1 is 1.48 bits per heavy atom. The SMILES string of the molecule is CCn1cc(CN2CCCC(CCCOC)C2)cc1C#N. The summed E-state index contributed by atoms with van der Waals surface area (Å²) in [7, 11) is 1.78. The average Bonchev–Trinajstić information content (AvgIpc) is 2.90. The lowest BCUT2D eigenvalue weighted by molar-refractivity contribution is 0.142. The van der Waals surface area contributed by atoms with Crippen molar-refractivity contribution in [2.45, 2.75) is 45.7 Å². The highest BCUT2D eigenvalue weighted by molar-refractivity contribution is 5.28. The molecular formula is C17H27N3O. The van der Waals surface area contributed by atoms with Crippen LogP contribution >= 0.6 is 0 Å². The van der Waals surface area contributed by atoms with E-state index in [2.05, 4.69) is 24.1 Å². The summed E-state index contributed by atoms with van der Waals surface area (Å²) in [6.45, 7) is 7.16. The molecular weight excluding hydrogens is 262 g/mol. The molecule has 0 aromatic carbocycles. The van der Waals surface area contributed by atoms with Gasteiger partial charge < -0.3 is 9.30 Å². The van der Waals surface area contributed by atoms with Gasteiger partial charge in [-0.3, -0.25) is 4.90 Å². The molecule has 0 radical (unpaired) electrons. The number of likely N-dealkylation sites (tertiary alicyclic amines) is 1. The van der Waals surface area contributed by atoms with E-state index in [0.717, 1.165) is 31.3 Å². The lowest BCUT2D eigenvalue weighted by Crippen LogP contribution is -2.34. The topological polar surface area (TPSA) is 41.2 Å². The molecule has 2 heterocycles. The highest BCUT2D eigenvalue weighted by Gasteiger charge is 2.20. The van der Waals surface area contributed by atoms with Crippen LogP contribution < -0.4 is 0 Å². The molecule has 1 aromatic rings. The van der Waals surface area contributed by atoms with Crippen molar-refractivity contribution in [3.8, 4) is 6.07 Å². The van der Waals surface area contributed by atoms with Gasteiger partial charge in [0.05, 0.1) is 0 Å². The number of rotatable bonds is 7. The molecule has 0 N–H and O–H groups in total. The first kappa shape index (κ1) is 16.1. The summed E-state index contributed by atoms with van der Waals surface area (Å²) in [5, 5.41) is 9.13. The van der Waals surface area contributed by atoms with Crippen molar-refractivity contribution in [2.75, 3.05) is 26.8 Å². The van der Waals surface area contributed by atoms with E-state index in [4.69, 9.17) is 10.00 Å². The highest BCUT2D eigenvalue weighted by atomic mass is 16.5. The molecule has 0 amide bonds. The van der Waals surface area contributed by atoms with Crippen LogP contribution in [0, 0.1) is 17.2 Å². The smallest absolute Gasteiger partial charge is 0.120 e. The Labute approximate surface area is 128 Å². The normalized spacial score (nSPS) is 19.6. The molecule has 1 fully saturated rings. The van der Waals surface area contributed by atoms with Gasteiger partial charge in [-0.2, -0.15) is 5.26 Å². The average molecular weight is 289 g/mol. The highest BCUT2D eigenvalue weighted by Crippen LogP contribution is 2.23. The van der Waals surface area contributed by atoms with E-state index in [1.807, 2.05) is 10.6 Å². The quantitative estimate of drug-likeness (QED) is 0.725. The van der Waals surface area contributed by atoms with Crippen LogP contribution in [0.25, 0.3) is 0 Å². The molecule has 1 saturated heterocycles. The molecule has 21 heavy (non-hydrogen) atoms. The summed E-state index contributed by atoms with van der Waals surface area (Å²) in [6, 6.07) is 4.32. The Kier molecular flexibility index (Phi) is 6.28. The number of aryl methyl sites for hydroxylation is 1. The Morgan fingerprint density at radius 3 is 3.00 bits per heavy atom. The number of aromatic nitrogens is 1. The molecule has 1 aliphatic rings. The summed E-state index contributed by atoms with van der Waals surface area (Å²) < 4.78 is 7.19. The number of hydrogen-bond donors (Lipinski definition) is 0. The van der Waals surface area contributed by atoms with Gasteiger partial charge in [-0.25, -0.2) is 0 Å². The number of piperidine rings is 1. The number of nitriles is 1. The lowest BCUT2D eigenvalue weighted by atomic mass is 9.93. The van der Waals surface area contributed by atoms with Crippen molar-refractivity contribution < 1.29 is 4.74 Å². The fraction of sp³-hybridized carbons (Fsp3) is 0.706. The van der Waals surface area contributed by atoms with Crippen LogP contribution in [0.3, 0.4) is 0 Å². The number of hydrogen-bond acceptors (Lipinski definition) is 3. The maximum Gasteiger partial charge on any atom is 0.120 e. The van der Waals surface area contributed by atoms with E-state index < -0.39 is 0 Å². The standard InChI is InChI=1S/C17H27N3O/c1-3-20-14-16(10-17(20)11-18)13-19-8-4-6-15(12-19)7-5-9-21-2/h10,14-15H,3-9,12-13H2,1-2H3. The first-order valence-electron chi connectivity index (χ1n) is 8.07. The molecule has 1 atom stereocenters. The van der Waals surface area contributed by atoms with Crippen LogP contribution in [0.4, 0.5) is 0 Å². The Bertz CT molecular complexity index is 475. The lowest BCUT2D eigenvalue weighted by Gasteiger charge is -2.32. The zero-order valence-electron chi connectivity index (χ0n) is 13.3. The monoisotopic (exact) mass is 289 g/mol. The fourth-order valence-electron chi connectivity index (χ4n) is 3.32. The van der Waals surface area contributed by atoms with Gasteiger partial charge in [-0.15, -0.1) is 0 Å². The molecule has 4 nitrogen and oxygen atoms in total. The van der Waals surface area contributed by atoms with Crippen molar-refractivity contribution in [3.05, 3.63) is 23.5 Å². The van der Waals surface area contributed by atoms with Crippen molar-refractivity contribution in [1.82, 2.24) is 9.47 Å². The van der Waals surface area contributed by atoms with Crippen LogP contribution in [0.1, 0.15) is 43.9 Å². The Morgan fingerprint density at radius 2 is 2.33 bits per heavy atom. The second kappa shape index (κ2) is 8.21. The van der Waals surface area contributed by atoms with E-state index in [-0.39, 0.29) is 0 Å². The van der Waals surface area contributed by atoms with Crippen molar-refractivity contribution in [1.29, 1.82) is 5.26 Å². The van der Waals surface area contributed by atoms with Crippen LogP contribution in [-0.2, 0) is 17.8 Å². The van der Waals surface area contributed by atoms with E-state index in [1.165, 1.54) is 44.3 Å². The third-order valence-electron chi connectivity index (χ3n) is 4.38. The van der Waals surface area contributed by atoms with E-state index in [9.17, 15) is 0 Å². The van der Waals surface area contributed by atoms with Crippen molar-refractivity contribution in [3.63, 3.8) is 0 Å². The van der Waals surface area contributed by atoms with Crippen LogP contribution in [0.2, 0.25) is 0 Å². The van der Waals surface area contributed by atoms with Gasteiger partial charge in [0, 0.05) is 39.5 Å². The summed E-state index contributed by atoms with van der Waals surface area (Å²) in [5.41, 5.74) is 2.05. The third kappa shape index (κ3) is 4.59. The molecule has 2 rings (SSSR count). The molecule has 0 spiro atoms. The molecule has 1 aliphatic heterocycles. The van der Waals surface area contributed by atoms with Crippen LogP contribution in [0.15, 0.2) is 12.3 Å².